The van der Waals surface area contributed by atoms with E-state index in [9.17, 15) is 24.0 Å². The van der Waals surface area contributed by atoms with Gasteiger partial charge in [-0.1, -0.05) is 5.16 Å². The first-order chi connectivity index (χ1) is 19.6. The molecule has 5 heterocycles. The van der Waals surface area contributed by atoms with Crippen LogP contribution >= 0.6 is 23.1 Å². The van der Waals surface area contributed by atoms with Gasteiger partial charge in [0.25, 0.3) is 11.8 Å². The van der Waals surface area contributed by atoms with E-state index < -0.39 is 41.6 Å². The molecular weight excluding hydrogens is 580 g/mol. The van der Waals surface area contributed by atoms with Crippen LogP contribution in [-0.2, 0) is 35.4 Å². The molecule has 3 aliphatic heterocycles. The van der Waals surface area contributed by atoms with Crippen molar-refractivity contribution < 1.29 is 37.6 Å². The van der Waals surface area contributed by atoms with Gasteiger partial charge >= 0.3 is 11.8 Å². The lowest BCUT2D eigenvalue weighted by molar-refractivity contribution is -0.153. The van der Waals surface area contributed by atoms with Crippen LogP contribution in [0.25, 0.3) is 0 Å². The zero-order chi connectivity index (χ0) is 29.4. The number of thiazole rings is 1. The number of likely N-dealkylation sites (tertiary alicyclic amines) is 1. The second-order valence-electron chi connectivity index (χ2n) is 9.08. The molecule has 2 saturated heterocycles. The van der Waals surface area contributed by atoms with Gasteiger partial charge in [0.05, 0.1) is 0 Å². The van der Waals surface area contributed by atoms with E-state index in [4.69, 9.17) is 24.1 Å². The summed E-state index contributed by atoms with van der Waals surface area (Å²) >= 11 is 2.41. The Morgan fingerprint density at radius 3 is 2.71 bits per heavy atom. The number of fused-ring (bicyclic) bond motifs is 1. The molecule has 17 heteroatoms. The van der Waals surface area contributed by atoms with Crippen LogP contribution in [0.2, 0.25) is 0 Å². The molecule has 0 spiro atoms. The highest BCUT2D eigenvalue weighted by Crippen LogP contribution is 2.41. The molecule has 2 unspecified atom stereocenters. The molecule has 0 bridgehead atoms. The summed E-state index contributed by atoms with van der Waals surface area (Å²) in [5, 5.41) is 7.46. The van der Waals surface area contributed by atoms with E-state index in [0.29, 0.717) is 24.1 Å². The first kappa shape index (κ1) is 28.2. The molecule has 2 aromatic rings. The quantitative estimate of drug-likeness (QED) is 0.136. The van der Waals surface area contributed by atoms with Crippen molar-refractivity contribution in [3.8, 4) is 0 Å². The Bertz CT molecular complexity index is 1590. The molecule has 2 aromatic heterocycles. The summed E-state index contributed by atoms with van der Waals surface area (Å²) in [6, 6.07) is -1.00. The maximum Gasteiger partial charge on any atom is 0.519 e. The number of oxime groups is 1. The molecular formula is C24H24N6O9S2. The Balaban J connectivity index is 1.40. The second-order valence-corrected chi connectivity index (χ2v) is 11.1. The maximum atomic E-state index is 13.4. The van der Waals surface area contributed by atoms with E-state index in [1.165, 1.54) is 36.1 Å². The molecule has 5 rings (SSSR count). The number of β-lactam (4-membered cyclic amide) rings is 1. The van der Waals surface area contributed by atoms with Gasteiger partial charge in [-0.3, -0.25) is 19.3 Å². The lowest BCUT2D eigenvalue weighted by atomic mass is 10.0. The third-order valence-electron chi connectivity index (χ3n) is 6.50. The number of anilines is 1. The molecule has 41 heavy (non-hydrogen) atoms. The number of nitrogen functional groups attached to an aromatic ring is 1. The van der Waals surface area contributed by atoms with Gasteiger partial charge in [0, 0.05) is 30.3 Å². The Morgan fingerprint density at radius 1 is 1.32 bits per heavy atom. The largest absolute Gasteiger partial charge is 0.519 e. The zero-order valence-corrected chi connectivity index (χ0v) is 23.6. The van der Waals surface area contributed by atoms with Crippen LogP contribution in [0, 0.1) is 6.92 Å². The SMILES string of the molecule is CON=C(C(=O)NC1C(=O)N2C(C(=O)OCc3oc(=O)oc3C)=C(C=C3CCN(C)C3=O)CSC12)c1csc(N)n1. The van der Waals surface area contributed by atoms with Crippen molar-refractivity contribution in [3.63, 3.8) is 0 Å². The van der Waals surface area contributed by atoms with Crippen molar-refractivity contribution in [2.45, 2.75) is 31.4 Å². The van der Waals surface area contributed by atoms with Gasteiger partial charge in [-0.15, -0.1) is 23.1 Å². The number of nitrogens with zero attached hydrogens (tertiary/aromatic N) is 4. The number of aryl methyl sites for hydroxylation is 1. The topological polar surface area (TPSA) is 200 Å². The minimum atomic E-state index is -1.00. The molecule has 0 saturated carbocycles. The number of esters is 1. The zero-order valence-electron chi connectivity index (χ0n) is 22.0. The van der Waals surface area contributed by atoms with Crippen molar-refractivity contribution >= 4 is 57.6 Å². The molecule has 216 valence electrons. The van der Waals surface area contributed by atoms with Gasteiger partial charge in [0.2, 0.25) is 5.91 Å². The van der Waals surface area contributed by atoms with Gasteiger partial charge in [0.1, 0.15) is 29.9 Å². The number of carbonyl (C=O) groups is 4. The highest BCUT2D eigenvalue weighted by molar-refractivity contribution is 8.00. The number of hydrogen-bond donors (Lipinski definition) is 2. The fourth-order valence-corrected chi connectivity index (χ4v) is 6.29. The minimum absolute atomic E-state index is 0.0193. The Kier molecular flexibility index (Phi) is 7.72. The maximum absolute atomic E-state index is 13.4. The number of carbonyl (C=O) groups excluding carboxylic acids is 4. The van der Waals surface area contributed by atoms with Gasteiger partial charge in [0.15, 0.2) is 29.0 Å². The van der Waals surface area contributed by atoms with Crippen LogP contribution in [0.15, 0.2) is 47.1 Å². The van der Waals surface area contributed by atoms with Crippen molar-refractivity contribution in [2.24, 2.45) is 5.16 Å². The highest BCUT2D eigenvalue weighted by atomic mass is 32.2. The first-order valence-electron chi connectivity index (χ1n) is 12.1. The van der Waals surface area contributed by atoms with Crippen molar-refractivity contribution in [1.29, 1.82) is 0 Å². The van der Waals surface area contributed by atoms with Crippen LogP contribution in [0.5, 0.6) is 0 Å². The van der Waals surface area contributed by atoms with Crippen LogP contribution < -0.4 is 16.9 Å². The fourth-order valence-electron chi connectivity index (χ4n) is 4.44. The molecule has 2 atom stereocenters. The van der Waals surface area contributed by atoms with E-state index in [1.54, 1.807) is 18.0 Å². The van der Waals surface area contributed by atoms with E-state index in [1.807, 2.05) is 0 Å². The van der Waals surface area contributed by atoms with Crippen LogP contribution in [-0.4, -0.2) is 82.1 Å². The van der Waals surface area contributed by atoms with Crippen LogP contribution in [0.3, 0.4) is 0 Å². The second kappa shape index (κ2) is 11.2. The van der Waals surface area contributed by atoms with Crippen molar-refractivity contribution in [1.82, 2.24) is 20.1 Å². The summed E-state index contributed by atoms with van der Waals surface area (Å²) in [7, 11) is 2.94. The summed E-state index contributed by atoms with van der Waals surface area (Å²) < 4.78 is 15.1. The summed E-state index contributed by atoms with van der Waals surface area (Å²) in [4.78, 5) is 75.3. The number of aromatic nitrogens is 1. The number of likely N-dealkylation sites (N-methyl/N-ethyl adjacent to an activating group) is 1. The Morgan fingerprint density at radius 2 is 2.10 bits per heavy atom. The molecule has 0 radical (unpaired) electrons. The number of amides is 3. The fraction of sp³-hybridized carbons (Fsp3) is 0.375. The monoisotopic (exact) mass is 604 g/mol. The molecule has 3 aliphatic rings. The number of thioether (sulfide) groups is 1. The predicted octanol–water partition coefficient (Wildman–Crippen LogP) is 0.116. The first-order valence-corrected chi connectivity index (χ1v) is 14.1. The Hall–Kier alpha value is -4.38. The summed E-state index contributed by atoms with van der Waals surface area (Å²) in [6.45, 7) is 1.59. The third-order valence-corrected chi connectivity index (χ3v) is 8.47. The number of ether oxygens (including phenoxy) is 1. The summed E-state index contributed by atoms with van der Waals surface area (Å²) in [5.41, 5.74) is 6.52. The summed E-state index contributed by atoms with van der Waals surface area (Å²) in [5.74, 6) is -2.88. The minimum Gasteiger partial charge on any atom is -0.453 e. The number of rotatable bonds is 8. The number of hydrogen-bond acceptors (Lipinski definition) is 14. The Labute approximate surface area is 240 Å². The molecule has 15 nitrogen and oxygen atoms in total. The number of nitrogens with one attached hydrogen (secondary N) is 1. The predicted molar refractivity (Wildman–Crippen MR) is 144 cm³/mol. The third kappa shape index (κ3) is 5.37. The lowest BCUT2D eigenvalue weighted by Crippen LogP contribution is -2.71. The molecule has 0 aromatic carbocycles. The molecule has 3 amide bonds. The standard InChI is InChI=1S/C24H24N6O9S2/c1-10-14(39-24(35)38-10)7-37-22(34)17-12(6-11-4-5-29(2)19(11)32)8-40-21-16(20(33)30(17)21)27-18(31)15(28-36-3)13-9-41-23(25)26-13/h6,9,16,21H,4-5,7-8H2,1-3H3,(H2,25,26)(H,27,31). The van der Waals surface area contributed by atoms with Gasteiger partial charge in [-0.05, 0) is 25.0 Å². The van der Waals surface area contributed by atoms with E-state index >= 15 is 0 Å². The van der Waals surface area contributed by atoms with E-state index in [2.05, 4.69) is 15.5 Å². The van der Waals surface area contributed by atoms with Gasteiger partial charge in [-0.25, -0.2) is 14.6 Å². The van der Waals surface area contributed by atoms with E-state index in [-0.39, 0.29) is 45.4 Å². The molecule has 2 fully saturated rings. The van der Waals surface area contributed by atoms with Crippen LogP contribution in [0.4, 0.5) is 5.13 Å². The van der Waals surface area contributed by atoms with Gasteiger partial charge in [-0.2, -0.15) is 0 Å². The normalized spacial score (nSPS) is 21.7. The summed E-state index contributed by atoms with van der Waals surface area (Å²) in [6.07, 6.45) is 2.08. The average Bonchev–Trinajstić information content (AvgIpc) is 3.62. The van der Waals surface area contributed by atoms with Crippen LogP contribution in [0.1, 0.15) is 23.6 Å². The van der Waals surface area contributed by atoms with Crippen molar-refractivity contribution in [3.05, 3.63) is 56.1 Å². The number of nitrogens with two attached hydrogens (primary N) is 1. The number of allylic oxidation sites excluding steroid dienone is 1. The molecule has 3 N–H and O–H groups in total. The average molecular weight is 605 g/mol. The molecule has 0 aliphatic carbocycles. The lowest BCUT2D eigenvalue weighted by Gasteiger charge is -2.49. The van der Waals surface area contributed by atoms with E-state index in [0.717, 1.165) is 11.3 Å². The van der Waals surface area contributed by atoms with Gasteiger partial charge < -0.3 is 34.4 Å². The van der Waals surface area contributed by atoms with Crippen molar-refractivity contribution in [2.75, 3.05) is 32.2 Å². The highest BCUT2D eigenvalue weighted by Gasteiger charge is 2.54. The smallest absolute Gasteiger partial charge is 0.453 e.